The molecule has 1 aromatic carbocycles. The van der Waals surface area contributed by atoms with Gasteiger partial charge in [-0.3, -0.25) is 0 Å². The number of rotatable bonds is 8. The van der Waals surface area contributed by atoms with E-state index in [4.69, 9.17) is 24.2 Å². The Hall–Kier alpha value is -4.29. The molecule has 3 fully saturated rings. The van der Waals surface area contributed by atoms with Crippen LogP contribution in [0, 0.1) is 5.41 Å². The average Bonchev–Trinajstić information content (AvgIpc) is 3.47. The van der Waals surface area contributed by atoms with Crippen LogP contribution in [0.1, 0.15) is 88.6 Å². The Morgan fingerprint density at radius 3 is 2.49 bits per heavy atom. The van der Waals surface area contributed by atoms with E-state index >= 15 is 0 Å². The Morgan fingerprint density at radius 1 is 1.04 bits per heavy atom. The number of H-pyrrole nitrogens is 1. The number of aromatic amines is 1. The molecule has 1 saturated carbocycles. The highest BCUT2D eigenvalue weighted by Crippen LogP contribution is 2.51. The normalized spacial score (nSPS) is 21.0. The van der Waals surface area contributed by atoms with Crippen molar-refractivity contribution in [2.24, 2.45) is 5.41 Å². The number of para-hydroxylation sites is 1. The lowest BCUT2D eigenvalue weighted by Crippen LogP contribution is -2.68. The van der Waals surface area contributed by atoms with Gasteiger partial charge in [0.15, 0.2) is 12.4 Å². The molecule has 1 N–H and O–H groups in total. The first-order valence-corrected chi connectivity index (χ1v) is 18.5. The lowest BCUT2D eigenvalue weighted by atomic mass is 9.60. The summed E-state index contributed by atoms with van der Waals surface area (Å²) in [5.41, 5.74) is 6.01. The van der Waals surface area contributed by atoms with E-state index in [2.05, 4.69) is 50.4 Å². The van der Waals surface area contributed by atoms with Crippen LogP contribution < -0.4 is 9.64 Å². The highest BCUT2D eigenvalue weighted by molar-refractivity contribution is 5.86. The molecular weight excluding hydrogens is 644 g/mol. The molecule has 8 rings (SSSR count). The third-order valence-electron chi connectivity index (χ3n) is 11.3. The second kappa shape index (κ2) is 13.4. The van der Waals surface area contributed by atoms with Crippen molar-refractivity contribution in [3.63, 3.8) is 0 Å². The van der Waals surface area contributed by atoms with Crippen LogP contribution >= 0.6 is 0 Å². The van der Waals surface area contributed by atoms with Crippen LogP contribution in [0.5, 0.6) is 5.75 Å². The van der Waals surface area contributed by atoms with Crippen molar-refractivity contribution < 1.29 is 19.0 Å². The number of hydrogen-bond acceptors (Lipinski definition) is 10. The molecule has 3 aromatic heterocycles. The van der Waals surface area contributed by atoms with Gasteiger partial charge in [-0.2, -0.15) is 0 Å². The second-order valence-electron chi connectivity index (χ2n) is 15.9. The number of fused-ring (bicyclic) bond motifs is 3. The lowest BCUT2D eigenvalue weighted by molar-refractivity contribution is -0.110. The molecule has 12 nitrogen and oxygen atoms in total. The maximum Gasteiger partial charge on any atom is 0.410 e. The van der Waals surface area contributed by atoms with Gasteiger partial charge in [-0.1, -0.05) is 19.1 Å². The maximum atomic E-state index is 12.4. The number of ether oxygens (including phenoxy) is 3. The molecule has 1 aliphatic carbocycles. The van der Waals surface area contributed by atoms with Crippen molar-refractivity contribution in [1.82, 2.24) is 34.9 Å². The molecule has 1 spiro atoms. The van der Waals surface area contributed by atoms with E-state index < -0.39 is 5.60 Å². The monoisotopic (exact) mass is 694 g/mol. The van der Waals surface area contributed by atoms with Gasteiger partial charge < -0.3 is 33.9 Å². The van der Waals surface area contributed by atoms with Crippen LogP contribution in [0.25, 0.3) is 22.3 Å². The van der Waals surface area contributed by atoms with Crippen molar-refractivity contribution in [2.45, 2.75) is 89.8 Å². The standard InChI is InChI=1S/C39H50N8O4/c1-6-32-34-29-17-31(28-9-7-8-10-33(28)50-24-49-5)43-44-35(29)42-30(34)13-16-47(32)36-40-20-26(21-41-36)25-11-14-45(15-12-25)27-18-39(19-27)22-46(23-39)37(48)51-38(2,3)4/h7-10,17,20-21,25,27,32H,6,11-16,18-19,22-24H2,1-5H3,(H,42,44). The molecule has 4 aromatic rings. The molecule has 4 aliphatic rings. The molecule has 2 saturated heterocycles. The minimum atomic E-state index is -0.443. The fourth-order valence-electron chi connectivity index (χ4n) is 8.87. The van der Waals surface area contributed by atoms with Gasteiger partial charge in [0.25, 0.3) is 0 Å². The van der Waals surface area contributed by atoms with E-state index in [0.717, 1.165) is 86.6 Å². The summed E-state index contributed by atoms with van der Waals surface area (Å²) in [5, 5.41) is 10.2. The zero-order valence-corrected chi connectivity index (χ0v) is 30.5. The molecule has 1 atom stereocenters. The van der Waals surface area contributed by atoms with Crippen molar-refractivity contribution in [3.05, 3.63) is 59.5 Å². The predicted octanol–water partition coefficient (Wildman–Crippen LogP) is 6.49. The zero-order chi connectivity index (χ0) is 35.3. The Labute approximate surface area is 299 Å². The third kappa shape index (κ3) is 6.52. The highest BCUT2D eigenvalue weighted by atomic mass is 16.7. The highest BCUT2D eigenvalue weighted by Gasteiger charge is 2.55. The molecule has 3 aliphatic heterocycles. The quantitative estimate of drug-likeness (QED) is 0.205. The minimum absolute atomic E-state index is 0.117. The summed E-state index contributed by atoms with van der Waals surface area (Å²) in [6.07, 6.45) is 10.4. The molecule has 12 heteroatoms. The molecule has 0 bridgehead atoms. The van der Waals surface area contributed by atoms with Crippen LogP contribution in [0.4, 0.5) is 10.7 Å². The first-order chi connectivity index (χ1) is 24.6. The number of benzene rings is 1. The Bertz CT molecular complexity index is 1870. The van der Waals surface area contributed by atoms with Crippen molar-refractivity contribution in [1.29, 1.82) is 0 Å². The van der Waals surface area contributed by atoms with Gasteiger partial charge in [-0.05, 0) is 95.6 Å². The molecule has 1 unspecified atom stereocenters. The van der Waals surface area contributed by atoms with Crippen molar-refractivity contribution in [3.8, 4) is 17.0 Å². The number of likely N-dealkylation sites (tertiary alicyclic amines) is 2. The van der Waals surface area contributed by atoms with Crippen molar-refractivity contribution in [2.75, 3.05) is 51.5 Å². The fraction of sp³-hybridized carbons (Fsp3) is 0.564. The summed E-state index contributed by atoms with van der Waals surface area (Å²) in [6, 6.07) is 10.7. The first-order valence-electron chi connectivity index (χ1n) is 18.5. The first kappa shape index (κ1) is 33.8. The smallest absolute Gasteiger partial charge is 0.410 e. The van der Waals surface area contributed by atoms with Crippen LogP contribution in [0.3, 0.4) is 0 Å². The topological polar surface area (TPSA) is 122 Å². The van der Waals surface area contributed by atoms with Gasteiger partial charge in [-0.25, -0.2) is 14.8 Å². The molecule has 1 amide bonds. The number of aromatic nitrogens is 5. The van der Waals surface area contributed by atoms with E-state index in [1.54, 1.807) is 7.11 Å². The van der Waals surface area contributed by atoms with Gasteiger partial charge in [0.05, 0.1) is 11.7 Å². The number of nitrogens with one attached hydrogen (secondary N) is 1. The Balaban J connectivity index is 0.902. The number of amides is 1. The summed E-state index contributed by atoms with van der Waals surface area (Å²) in [7, 11) is 1.61. The number of anilines is 1. The van der Waals surface area contributed by atoms with Gasteiger partial charge >= 0.3 is 6.09 Å². The van der Waals surface area contributed by atoms with Crippen LogP contribution in [0.15, 0.2) is 42.7 Å². The van der Waals surface area contributed by atoms with Gasteiger partial charge in [0.2, 0.25) is 5.95 Å². The van der Waals surface area contributed by atoms with E-state index in [1.807, 2.05) is 49.9 Å². The van der Waals surface area contributed by atoms with E-state index in [9.17, 15) is 4.79 Å². The SMILES string of the molecule is CCC1c2c([nH]c3nnc(-c4ccccc4OCOC)cc23)CCN1c1ncc(C2CCN(C3CC4(C3)CN(C(=O)OC(C)(C)C)C4)CC2)cn1. The van der Waals surface area contributed by atoms with Gasteiger partial charge in [0, 0.05) is 79.2 Å². The minimum Gasteiger partial charge on any atom is -0.467 e. The largest absolute Gasteiger partial charge is 0.467 e. The summed E-state index contributed by atoms with van der Waals surface area (Å²) < 4.78 is 16.5. The van der Waals surface area contributed by atoms with E-state index in [-0.39, 0.29) is 18.9 Å². The van der Waals surface area contributed by atoms with Crippen molar-refractivity contribution >= 4 is 23.1 Å². The number of piperidine rings is 1. The van der Waals surface area contributed by atoms with Crippen LogP contribution in [-0.4, -0.2) is 99.3 Å². The van der Waals surface area contributed by atoms with E-state index in [1.165, 1.54) is 29.7 Å². The van der Waals surface area contributed by atoms with Crippen LogP contribution in [-0.2, 0) is 15.9 Å². The maximum absolute atomic E-state index is 12.4. The number of methoxy groups -OCH3 is 1. The predicted molar refractivity (Wildman–Crippen MR) is 195 cm³/mol. The number of carbonyl (C=O) groups is 1. The molecule has 51 heavy (non-hydrogen) atoms. The third-order valence-corrected chi connectivity index (χ3v) is 11.3. The van der Waals surface area contributed by atoms with E-state index in [0.29, 0.717) is 23.1 Å². The molecule has 0 radical (unpaired) electrons. The van der Waals surface area contributed by atoms with Gasteiger partial charge in [-0.15, -0.1) is 10.2 Å². The second-order valence-corrected chi connectivity index (χ2v) is 15.9. The lowest BCUT2D eigenvalue weighted by Gasteiger charge is -2.61. The molecular formula is C39H50N8O4. The summed E-state index contributed by atoms with van der Waals surface area (Å²) in [5.74, 6) is 1.97. The summed E-state index contributed by atoms with van der Waals surface area (Å²) in [6.45, 7) is 12.9. The van der Waals surface area contributed by atoms with Crippen LogP contribution in [0.2, 0.25) is 0 Å². The number of hydrogen-bond donors (Lipinski definition) is 1. The molecule has 6 heterocycles. The Kier molecular flexibility index (Phi) is 8.86. The molecule has 270 valence electrons. The van der Waals surface area contributed by atoms with Gasteiger partial charge in [0.1, 0.15) is 11.4 Å². The number of carbonyl (C=O) groups excluding carboxylic acids is 1. The summed E-state index contributed by atoms with van der Waals surface area (Å²) >= 11 is 0. The zero-order valence-electron chi connectivity index (χ0n) is 30.5. The average molecular weight is 695 g/mol. The number of nitrogens with zero attached hydrogens (tertiary/aromatic N) is 7. The Morgan fingerprint density at radius 2 is 1.78 bits per heavy atom. The fourth-order valence-corrected chi connectivity index (χ4v) is 8.87. The summed E-state index contributed by atoms with van der Waals surface area (Å²) in [4.78, 5) is 32.8.